The average Bonchev–Trinajstić information content (AvgIpc) is 2.63. The van der Waals surface area contributed by atoms with Crippen molar-refractivity contribution in [3.05, 3.63) is 17.5 Å². The van der Waals surface area contributed by atoms with Crippen LogP contribution >= 0.6 is 0 Å². The maximum absolute atomic E-state index is 11.8. The number of carbonyl (C=O) groups is 1. The Hall–Kier alpha value is -2.05. The number of hydrogen-bond donors (Lipinski definition) is 3. The number of nitrogens with one attached hydrogen (secondary N) is 1. The molecule has 82 valence electrons. The van der Waals surface area contributed by atoms with E-state index in [1.807, 2.05) is 0 Å². The summed E-state index contributed by atoms with van der Waals surface area (Å²) in [6.07, 6.45) is 1.44. The van der Waals surface area contributed by atoms with E-state index in [1.54, 1.807) is 14.0 Å². The zero-order valence-electron chi connectivity index (χ0n) is 8.56. The zero-order chi connectivity index (χ0) is 11.4. The lowest BCUT2D eigenvalue weighted by atomic mass is 10.2. The Balaban J connectivity index is 2.74. The quantitative estimate of drug-likeness (QED) is 0.272. The highest BCUT2D eigenvalue weighted by Crippen LogP contribution is 2.05. The Labute approximate surface area is 86.6 Å². The summed E-state index contributed by atoms with van der Waals surface area (Å²) in [6, 6.07) is 0. The fourth-order valence-electron chi connectivity index (χ4n) is 1.12. The second-order valence-electron chi connectivity index (χ2n) is 3.16. The fraction of sp³-hybridized carbons (Fsp3) is 0.375. The van der Waals surface area contributed by atoms with Crippen molar-refractivity contribution in [2.75, 3.05) is 13.6 Å². The molecule has 0 atom stereocenters. The molecule has 7 nitrogen and oxygen atoms in total. The van der Waals surface area contributed by atoms with Crippen molar-refractivity contribution in [3.63, 3.8) is 0 Å². The summed E-state index contributed by atoms with van der Waals surface area (Å²) < 4.78 is 0. The maximum atomic E-state index is 11.8. The zero-order valence-corrected chi connectivity index (χ0v) is 8.56. The number of hydrogen-bond acceptors (Lipinski definition) is 4. The molecule has 0 fully saturated rings. The molecule has 1 aromatic rings. The van der Waals surface area contributed by atoms with Gasteiger partial charge < -0.3 is 15.8 Å². The standard InChI is InChI=1S/C8H13N5O2/c1-5-6(3-10-11-5)8(14)13(2)4-7(9)12-15/h3,15H,4H2,1-2H3,(H2,9,12)(H,10,11). The van der Waals surface area contributed by atoms with Gasteiger partial charge in [0, 0.05) is 12.7 Å². The molecule has 1 aromatic heterocycles. The molecule has 0 spiro atoms. The van der Waals surface area contributed by atoms with Crippen molar-refractivity contribution < 1.29 is 10.0 Å². The van der Waals surface area contributed by atoms with Gasteiger partial charge in [-0.25, -0.2) is 0 Å². The molecule has 1 amide bonds. The minimum atomic E-state index is -0.229. The minimum absolute atomic E-state index is 0.0213. The lowest BCUT2D eigenvalue weighted by Crippen LogP contribution is -2.35. The van der Waals surface area contributed by atoms with Crippen molar-refractivity contribution >= 4 is 11.7 Å². The second kappa shape index (κ2) is 4.45. The Bertz CT molecular complexity index is 384. The SMILES string of the molecule is Cc1[nH]ncc1C(=O)N(C)CC(N)=NO. The molecule has 0 aliphatic carbocycles. The van der Waals surface area contributed by atoms with Crippen LogP contribution in [0.1, 0.15) is 16.1 Å². The summed E-state index contributed by atoms with van der Waals surface area (Å²) in [5, 5.41) is 17.6. The van der Waals surface area contributed by atoms with Crippen LogP contribution in [-0.4, -0.2) is 45.6 Å². The molecule has 1 heterocycles. The number of likely N-dealkylation sites (N-methyl/N-ethyl adjacent to an activating group) is 1. The number of carbonyl (C=O) groups excluding carboxylic acids is 1. The summed E-state index contributed by atoms with van der Waals surface area (Å²) in [7, 11) is 1.56. The van der Waals surface area contributed by atoms with Crippen molar-refractivity contribution in [3.8, 4) is 0 Å². The predicted molar refractivity (Wildman–Crippen MR) is 53.7 cm³/mol. The Morgan fingerprint density at radius 3 is 2.93 bits per heavy atom. The number of aromatic amines is 1. The molecule has 0 aliphatic heterocycles. The van der Waals surface area contributed by atoms with Crippen LogP contribution in [0.25, 0.3) is 0 Å². The third-order valence-electron chi connectivity index (χ3n) is 1.93. The van der Waals surface area contributed by atoms with E-state index in [9.17, 15) is 4.79 Å². The molecule has 0 bridgehead atoms. The van der Waals surface area contributed by atoms with Crippen LogP contribution in [0.4, 0.5) is 0 Å². The van der Waals surface area contributed by atoms with Gasteiger partial charge in [0.15, 0.2) is 5.84 Å². The Kier molecular flexibility index (Phi) is 3.27. The number of nitrogens with two attached hydrogens (primary N) is 1. The molecule has 1 rings (SSSR count). The van der Waals surface area contributed by atoms with Crippen LogP contribution in [0.2, 0.25) is 0 Å². The molecule has 0 aliphatic rings. The number of aromatic nitrogens is 2. The molecule has 0 aromatic carbocycles. The number of rotatable bonds is 3. The van der Waals surface area contributed by atoms with Gasteiger partial charge in [-0.15, -0.1) is 0 Å². The molecule has 0 saturated carbocycles. The van der Waals surface area contributed by atoms with Crippen LogP contribution in [0, 0.1) is 6.92 Å². The van der Waals surface area contributed by atoms with E-state index < -0.39 is 0 Å². The van der Waals surface area contributed by atoms with E-state index in [-0.39, 0.29) is 18.3 Å². The molecule has 4 N–H and O–H groups in total. The minimum Gasteiger partial charge on any atom is -0.409 e. The number of nitrogens with zero attached hydrogens (tertiary/aromatic N) is 3. The maximum Gasteiger partial charge on any atom is 0.257 e. The first kappa shape index (κ1) is 11.0. The number of amides is 1. The van der Waals surface area contributed by atoms with Crippen LogP contribution in [-0.2, 0) is 0 Å². The van der Waals surface area contributed by atoms with E-state index in [0.717, 1.165) is 0 Å². The molecule has 7 heteroatoms. The fourth-order valence-corrected chi connectivity index (χ4v) is 1.12. The topological polar surface area (TPSA) is 108 Å². The number of H-pyrrole nitrogens is 1. The molecule has 0 saturated heterocycles. The predicted octanol–water partition coefficient (Wildman–Crippen LogP) is -0.463. The van der Waals surface area contributed by atoms with Crippen LogP contribution < -0.4 is 5.73 Å². The average molecular weight is 211 g/mol. The van der Waals surface area contributed by atoms with Crippen LogP contribution in [0.15, 0.2) is 11.4 Å². The monoisotopic (exact) mass is 211 g/mol. The second-order valence-corrected chi connectivity index (χ2v) is 3.16. The largest absolute Gasteiger partial charge is 0.409 e. The van der Waals surface area contributed by atoms with Crippen molar-refractivity contribution in [2.45, 2.75) is 6.92 Å². The normalized spacial score (nSPS) is 11.5. The van der Waals surface area contributed by atoms with E-state index in [1.165, 1.54) is 11.1 Å². The first-order valence-electron chi connectivity index (χ1n) is 4.28. The molecule has 0 radical (unpaired) electrons. The lowest BCUT2D eigenvalue weighted by Gasteiger charge is -2.15. The summed E-state index contributed by atoms with van der Waals surface area (Å²) in [5.74, 6) is -0.250. The van der Waals surface area contributed by atoms with Gasteiger partial charge >= 0.3 is 0 Å². The summed E-state index contributed by atoms with van der Waals surface area (Å²) in [6.45, 7) is 1.82. The third-order valence-corrected chi connectivity index (χ3v) is 1.93. The Morgan fingerprint density at radius 1 is 1.80 bits per heavy atom. The smallest absolute Gasteiger partial charge is 0.257 e. The summed E-state index contributed by atoms with van der Waals surface area (Å²) >= 11 is 0. The van der Waals surface area contributed by atoms with Gasteiger partial charge in [0.05, 0.1) is 18.3 Å². The molecule has 15 heavy (non-hydrogen) atoms. The van der Waals surface area contributed by atoms with Crippen molar-refractivity contribution in [2.24, 2.45) is 10.9 Å². The summed E-state index contributed by atoms with van der Waals surface area (Å²) in [5.41, 5.74) is 6.45. The van der Waals surface area contributed by atoms with Gasteiger partial charge in [0.2, 0.25) is 0 Å². The lowest BCUT2D eigenvalue weighted by molar-refractivity contribution is 0.0813. The first-order valence-corrected chi connectivity index (χ1v) is 4.28. The summed E-state index contributed by atoms with van der Waals surface area (Å²) in [4.78, 5) is 13.1. The molecular formula is C8H13N5O2. The van der Waals surface area contributed by atoms with Gasteiger partial charge in [0.1, 0.15) is 0 Å². The van der Waals surface area contributed by atoms with Gasteiger partial charge in [-0.1, -0.05) is 5.16 Å². The van der Waals surface area contributed by atoms with Gasteiger partial charge in [-0.05, 0) is 6.92 Å². The van der Waals surface area contributed by atoms with Gasteiger partial charge in [0.25, 0.3) is 5.91 Å². The van der Waals surface area contributed by atoms with Gasteiger partial charge in [-0.2, -0.15) is 5.10 Å². The van der Waals surface area contributed by atoms with Gasteiger partial charge in [-0.3, -0.25) is 9.89 Å². The molecular weight excluding hydrogens is 198 g/mol. The van der Waals surface area contributed by atoms with E-state index >= 15 is 0 Å². The number of amidine groups is 1. The van der Waals surface area contributed by atoms with Crippen molar-refractivity contribution in [1.29, 1.82) is 0 Å². The number of oxime groups is 1. The Morgan fingerprint density at radius 2 is 2.47 bits per heavy atom. The highest BCUT2D eigenvalue weighted by molar-refractivity contribution is 5.97. The highest BCUT2D eigenvalue weighted by Gasteiger charge is 2.16. The number of aryl methyl sites for hydroxylation is 1. The van der Waals surface area contributed by atoms with Crippen molar-refractivity contribution in [1.82, 2.24) is 15.1 Å². The van der Waals surface area contributed by atoms with E-state index in [0.29, 0.717) is 11.3 Å². The van der Waals surface area contributed by atoms with E-state index in [4.69, 9.17) is 10.9 Å². The van der Waals surface area contributed by atoms with Crippen LogP contribution in [0.5, 0.6) is 0 Å². The molecule has 0 unspecified atom stereocenters. The van der Waals surface area contributed by atoms with Crippen LogP contribution in [0.3, 0.4) is 0 Å². The first-order chi connectivity index (χ1) is 7.06. The van der Waals surface area contributed by atoms with E-state index in [2.05, 4.69) is 15.4 Å². The highest BCUT2D eigenvalue weighted by atomic mass is 16.4. The third kappa shape index (κ3) is 2.46.